The van der Waals surface area contributed by atoms with Crippen LogP contribution in [0.15, 0.2) is 16.6 Å². The van der Waals surface area contributed by atoms with Crippen molar-refractivity contribution >= 4 is 31.9 Å². The zero-order valence-corrected chi connectivity index (χ0v) is 10.6. The Bertz CT molecular complexity index is 465. The standard InChI is InChI=1S/C10H5Br2F2N/c11-8-2-5-3-9(12)10(13,14)7(5)1-6(8)4-15/h1-2,9H,3H2. The molecule has 1 aromatic carbocycles. The molecular weight excluding hydrogens is 332 g/mol. The van der Waals surface area contributed by atoms with Gasteiger partial charge in [0.05, 0.1) is 10.4 Å². The number of halogens is 4. The third-order valence-corrected chi connectivity index (χ3v) is 4.02. The van der Waals surface area contributed by atoms with Gasteiger partial charge >= 0.3 is 0 Å². The number of fused-ring (bicyclic) bond motifs is 1. The van der Waals surface area contributed by atoms with Gasteiger partial charge in [0.25, 0.3) is 5.92 Å². The van der Waals surface area contributed by atoms with Crippen LogP contribution in [0.5, 0.6) is 0 Å². The minimum Gasteiger partial charge on any atom is -0.200 e. The van der Waals surface area contributed by atoms with Gasteiger partial charge in [-0.25, -0.2) is 8.78 Å². The van der Waals surface area contributed by atoms with Gasteiger partial charge in [0.2, 0.25) is 0 Å². The monoisotopic (exact) mass is 335 g/mol. The zero-order chi connectivity index (χ0) is 11.2. The maximum atomic E-state index is 13.6. The van der Waals surface area contributed by atoms with Crippen LogP contribution < -0.4 is 0 Å². The van der Waals surface area contributed by atoms with Crippen LogP contribution in [0.3, 0.4) is 0 Å². The summed E-state index contributed by atoms with van der Waals surface area (Å²) in [4.78, 5) is -0.874. The first-order valence-electron chi connectivity index (χ1n) is 4.21. The summed E-state index contributed by atoms with van der Waals surface area (Å²) in [5, 5.41) is 8.75. The lowest BCUT2D eigenvalue weighted by atomic mass is 10.1. The fourth-order valence-corrected chi connectivity index (χ4v) is 2.74. The molecule has 0 spiro atoms. The van der Waals surface area contributed by atoms with Crippen LogP contribution >= 0.6 is 31.9 Å². The smallest absolute Gasteiger partial charge is 0.200 e. The Morgan fingerprint density at radius 1 is 1.47 bits per heavy atom. The number of hydrogen-bond acceptors (Lipinski definition) is 1. The topological polar surface area (TPSA) is 23.8 Å². The van der Waals surface area contributed by atoms with Crippen molar-refractivity contribution in [2.75, 3.05) is 0 Å². The Morgan fingerprint density at radius 3 is 2.73 bits per heavy atom. The number of rotatable bonds is 0. The summed E-state index contributed by atoms with van der Waals surface area (Å²) in [5.74, 6) is -2.89. The maximum absolute atomic E-state index is 13.6. The number of benzene rings is 1. The van der Waals surface area contributed by atoms with Crippen LogP contribution in [0.1, 0.15) is 16.7 Å². The molecule has 0 heterocycles. The Morgan fingerprint density at radius 2 is 2.13 bits per heavy atom. The highest BCUT2D eigenvalue weighted by Crippen LogP contribution is 2.46. The largest absolute Gasteiger partial charge is 0.286 e. The molecular formula is C10H5Br2F2N. The summed E-state index contributed by atoms with van der Waals surface area (Å²) in [6.07, 6.45) is 0.284. The van der Waals surface area contributed by atoms with Crippen LogP contribution in [0.2, 0.25) is 0 Å². The minimum atomic E-state index is -2.89. The maximum Gasteiger partial charge on any atom is 0.286 e. The van der Waals surface area contributed by atoms with E-state index in [0.29, 0.717) is 10.0 Å². The molecule has 1 nitrogen and oxygen atoms in total. The molecule has 1 aliphatic carbocycles. The Hall–Kier alpha value is -0.470. The van der Waals surface area contributed by atoms with Gasteiger partial charge in [0, 0.05) is 10.0 Å². The molecule has 0 aromatic heterocycles. The molecule has 0 radical (unpaired) electrons. The van der Waals surface area contributed by atoms with E-state index >= 15 is 0 Å². The van der Waals surface area contributed by atoms with Gasteiger partial charge in [-0.1, -0.05) is 15.9 Å². The molecule has 78 valence electrons. The van der Waals surface area contributed by atoms with Gasteiger partial charge in [0.15, 0.2) is 0 Å². The fourth-order valence-electron chi connectivity index (χ4n) is 1.67. The van der Waals surface area contributed by atoms with E-state index in [1.54, 1.807) is 6.07 Å². The average Bonchev–Trinajstić information content (AvgIpc) is 2.37. The zero-order valence-electron chi connectivity index (χ0n) is 7.40. The molecule has 0 fully saturated rings. The molecule has 5 heteroatoms. The van der Waals surface area contributed by atoms with Gasteiger partial charge < -0.3 is 0 Å². The molecule has 0 saturated carbocycles. The van der Waals surface area contributed by atoms with E-state index < -0.39 is 10.7 Å². The van der Waals surface area contributed by atoms with E-state index in [9.17, 15) is 8.78 Å². The van der Waals surface area contributed by atoms with Crippen molar-refractivity contribution in [3.8, 4) is 6.07 Å². The molecule has 1 aromatic rings. The van der Waals surface area contributed by atoms with Crippen molar-refractivity contribution in [3.63, 3.8) is 0 Å². The molecule has 1 aliphatic rings. The molecule has 2 rings (SSSR count). The van der Waals surface area contributed by atoms with Crippen molar-refractivity contribution in [1.82, 2.24) is 0 Å². The van der Waals surface area contributed by atoms with Crippen LogP contribution in [-0.2, 0) is 12.3 Å². The molecule has 0 bridgehead atoms. The van der Waals surface area contributed by atoms with Gasteiger partial charge in [0.1, 0.15) is 6.07 Å². The highest BCUT2D eigenvalue weighted by Gasteiger charge is 2.47. The van der Waals surface area contributed by atoms with Gasteiger partial charge in [-0.05, 0) is 40.0 Å². The SMILES string of the molecule is N#Cc1cc2c(cc1Br)CC(Br)C2(F)F. The Balaban J connectivity index is 2.64. The van der Waals surface area contributed by atoms with Gasteiger partial charge in [-0.3, -0.25) is 0 Å². The van der Waals surface area contributed by atoms with Crippen LogP contribution in [0.4, 0.5) is 8.78 Å². The van der Waals surface area contributed by atoms with Crippen molar-refractivity contribution in [2.24, 2.45) is 0 Å². The van der Waals surface area contributed by atoms with E-state index in [4.69, 9.17) is 5.26 Å². The second-order valence-electron chi connectivity index (χ2n) is 3.40. The average molecular weight is 337 g/mol. The molecule has 0 amide bonds. The number of nitriles is 1. The van der Waals surface area contributed by atoms with E-state index in [1.807, 2.05) is 6.07 Å². The number of nitrogens with zero attached hydrogens (tertiary/aromatic N) is 1. The van der Waals surface area contributed by atoms with E-state index in [0.717, 1.165) is 0 Å². The second kappa shape index (κ2) is 3.53. The molecule has 0 aliphatic heterocycles. The molecule has 15 heavy (non-hydrogen) atoms. The van der Waals surface area contributed by atoms with E-state index in [1.165, 1.54) is 6.07 Å². The third kappa shape index (κ3) is 1.60. The van der Waals surface area contributed by atoms with Crippen molar-refractivity contribution < 1.29 is 8.78 Å². The van der Waals surface area contributed by atoms with Crippen molar-refractivity contribution in [2.45, 2.75) is 17.2 Å². The van der Waals surface area contributed by atoms with Crippen molar-refractivity contribution in [3.05, 3.63) is 33.3 Å². The highest BCUT2D eigenvalue weighted by molar-refractivity contribution is 9.10. The van der Waals surface area contributed by atoms with Crippen LogP contribution in [0, 0.1) is 11.3 Å². The molecule has 0 saturated heterocycles. The first kappa shape index (κ1) is 11.0. The number of alkyl halides is 3. The van der Waals surface area contributed by atoms with Gasteiger partial charge in [-0.2, -0.15) is 5.26 Å². The minimum absolute atomic E-state index is 0.0378. The summed E-state index contributed by atoms with van der Waals surface area (Å²) >= 11 is 6.15. The Kier molecular flexibility index (Phi) is 2.60. The highest BCUT2D eigenvalue weighted by atomic mass is 79.9. The summed E-state index contributed by atoms with van der Waals surface area (Å²) in [5.41, 5.74) is 0.798. The molecule has 1 unspecified atom stereocenters. The van der Waals surface area contributed by atoms with Crippen LogP contribution in [-0.4, -0.2) is 4.83 Å². The van der Waals surface area contributed by atoms with Crippen molar-refractivity contribution in [1.29, 1.82) is 5.26 Å². The molecule has 1 atom stereocenters. The van der Waals surface area contributed by atoms with Crippen LogP contribution in [0.25, 0.3) is 0 Å². The second-order valence-corrected chi connectivity index (χ2v) is 5.36. The summed E-state index contributed by atoms with van der Waals surface area (Å²) in [6.45, 7) is 0. The molecule has 0 N–H and O–H groups in total. The normalized spacial score (nSPS) is 22.2. The van der Waals surface area contributed by atoms with E-state index in [2.05, 4.69) is 31.9 Å². The first-order valence-corrected chi connectivity index (χ1v) is 5.92. The lowest BCUT2D eigenvalue weighted by Crippen LogP contribution is -2.20. The summed E-state index contributed by atoms with van der Waals surface area (Å²) in [7, 11) is 0. The van der Waals surface area contributed by atoms with Gasteiger partial charge in [-0.15, -0.1) is 0 Å². The van der Waals surface area contributed by atoms with E-state index in [-0.39, 0.29) is 17.5 Å². The summed E-state index contributed by atoms with van der Waals surface area (Å²) in [6, 6.07) is 4.75. The predicted molar refractivity (Wildman–Crippen MR) is 59.2 cm³/mol. The lowest BCUT2D eigenvalue weighted by molar-refractivity contribution is 0.00631. The predicted octanol–water partition coefficient (Wildman–Crippen LogP) is 3.73. The summed E-state index contributed by atoms with van der Waals surface area (Å²) < 4.78 is 27.8. The lowest BCUT2D eigenvalue weighted by Gasteiger charge is -2.14. The first-order chi connectivity index (χ1) is 6.96. The Labute approximate surface area is 102 Å². The third-order valence-electron chi connectivity index (χ3n) is 2.46. The fraction of sp³-hybridized carbons (Fsp3) is 0.300. The quantitative estimate of drug-likeness (QED) is 0.662. The number of hydrogen-bond donors (Lipinski definition) is 0.